The van der Waals surface area contributed by atoms with Crippen LogP contribution in [0.5, 0.6) is 0 Å². The smallest absolute Gasteiger partial charge is 0.259 e. The Bertz CT molecular complexity index is 641. The van der Waals surface area contributed by atoms with E-state index in [1.54, 1.807) is 25.1 Å². The maximum atomic E-state index is 13.5. The summed E-state index contributed by atoms with van der Waals surface area (Å²) in [7, 11) is 0. The van der Waals surface area contributed by atoms with Crippen molar-refractivity contribution >= 4 is 17.3 Å². The molecule has 1 heterocycles. The van der Waals surface area contributed by atoms with Crippen LogP contribution >= 0.6 is 0 Å². The van der Waals surface area contributed by atoms with Gasteiger partial charge in [0.25, 0.3) is 5.91 Å². The fourth-order valence-corrected chi connectivity index (χ4v) is 1.70. The number of hydrogen-bond donors (Lipinski definition) is 2. The van der Waals surface area contributed by atoms with Crippen LogP contribution in [0.1, 0.15) is 21.6 Å². The molecule has 0 atom stereocenters. The van der Waals surface area contributed by atoms with Crippen LogP contribution in [0, 0.1) is 19.7 Å². The van der Waals surface area contributed by atoms with Crippen LogP contribution < -0.4 is 11.1 Å². The average molecular weight is 259 g/mol. The summed E-state index contributed by atoms with van der Waals surface area (Å²) in [5.74, 6) is -0.966. The largest absolute Gasteiger partial charge is 0.398 e. The molecule has 0 radical (unpaired) electrons. The summed E-state index contributed by atoms with van der Waals surface area (Å²) in [6.07, 6.45) is 1.38. The normalized spacial score (nSPS) is 10.3. The molecule has 0 aliphatic heterocycles. The lowest BCUT2D eigenvalue weighted by molar-refractivity contribution is 0.102. The van der Waals surface area contributed by atoms with Crippen LogP contribution in [0.15, 0.2) is 30.5 Å². The van der Waals surface area contributed by atoms with E-state index in [-0.39, 0.29) is 11.3 Å². The van der Waals surface area contributed by atoms with Crippen molar-refractivity contribution in [3.05, 3.63) is 53.1 Å². The van der Waals surface area contributed by atoms with Gasteiger partial charge in [0.1, 0.15) is 5.82 Å². The van der Waals surface area contributed by atoms with Gasteiger partial charge in [-0.1, -0.05) is 6.07 Å². The molecule has 0 aliphatic rings. The molecular weight excluding hydrogens is 245 g/mol. The highest BCUT2D eigenvalue weighted by Gasteiger charge is 2.13. The van der Waals surface area contributed by atoms with Gasteiger partial charge in [0.15, 0.2) is 0 Å². The SMILES string of the molecule is Cc1ccc(F)c(NC(=O)c2cnc(C)cc2N)c1. The second-order valence-corrected chi connectivity index (χ2v) is 4.35. The van der Waals surface area contributed by atoms with E-state index in [1.807, 2.05) is 6.92 Å². The van der Waals surface area contributed by atoms with E-state index in [0.717, 1.165) is 11.3 Å². The quantitative estimate of drug-likeness (QED) is 0.871. The van der Waals surface area contributed by atoms with Gasteiger partial charge >= 0.3 is 0 Å². The molecule has 0 saturated carbocycles. The molecule has 1 amide bonds. The van der Waals surface area contributed by atoms with Gasteiger partial charge in [0.2, 0.25) is 0 Å². The predicted molar refractivity (Wildman–Crippen MR) is 72.5 cm³/mol. The molecule has 0 saturated heterocycles. The first-order valence-electron chi connectivity index (χ1n) is 5.77. The van der Waals surface area contributed by atoms with Crippen molar-refractivity contribution in [2.75, 3.05) is 11.1 Å². The molecule has 0 fully saturated rings. The molecule has 2 aromatic rings. The van der Waals surface area contributed by atoms with Crippen LogP contribution in [0.25, 0.3) is 0 Å². The zero-order chi connectivity index (χ0) is 14.0. The molecule has 0 spiro atoms. The molecule has 2 rings (SSSR count). The van der Waals surface area contributed by atoms with Gasteiger partial charge in [-0.15, -0.1) is 0 Å². The molecule has 3 N–H and O–H groups in total. The fourth-order valence-electron chi connectivity index (χ4n) is 1.70. The third-order valence-corrected chi connectivity index (χ3v) is 2.69. The molecule has 5 heteroatoms. The van der Waals surface area contributed by atoms with Crippen LogP contribution in [0.2, 0.25) is 0 Å². The van der Waals surface area contributed by atoms with Crippen molar-refractivity contribution in [3.63, 3.8) is 0 Å². The van der Waals surface area contributed by atoms with Crippen molar-refractivity contribution in [1.82, 2.24) is 4.98 Å². The number of aryl methyl sites for hydroxylation is 2. The maximum absolute atomic E-state index is 13.5. The Hall–Kier alpha value is -2.43. The number of pyridine rings is 1. The number of rotatable bonds is 2. The summed E-state index contributed by atoms with van der Waals surface area (Å²) >= 11 is 0. The fraction of sp³-hybridized carbons (Fsp3) is 0.143. The second kappa shape index (κ2) is 5.06. The van der Waals surface area contributed by atoms with Gasteiger partial charge in [-0.25, -0.2) is 4.39 Å². The molecule has 1 aromatic heterocycles. The van der Waals surface area contributed by atoms with E-state index in [1.165, 1.54) is 12.3 Å². The van der Waals surface area contributed by atoms with Gasteiger partial charge in [-0.05, 0) is 37.6 Å². The van der Waals surface area contributed by atoms with E-state index < -0.39 is 11.7 Å². The van der Waals surface area contributed by atoms with Gasteiger partial charge in [-0.2, -0.15) is 0 Å². The zero-order valence-corrected chi connectivity index (χ0v) is 10.7. The number of nitrogens with two attached hydrogens (primary N) is 1. The molecule has 1 aromatic carbocycles. The molecule has 0 unspecified atom stereocenters. The number of anilines is 2. The van der Waals surface area contributed by atoms with Crippen molar-refractivity contribution < 1.29 is 9.18 Å². The Labute approximate surface area is 110 Å². The lowest BCUT2D eigenvalue weighted by Crippen LogP contribution is -2.15. The number of nitrogen functional groups attached to an aromatic ring is 1. The van der Waals surface area contributed by atoms with Crippen molar-refractivity contribution in [1.29, 1.82) is 0 Å². The van der Waals surface area contributed by atoms with Gasteiger partial charge in [-0.3, -0.25) is 9.78 Å². The number of amides is 1. The minimum atomic E-state index is -0.488. The summed E-state index contributed by atoms with van der Waals surface area (Å²) in [6, 6.07) is 6.10. The Kier molecular flexibility index (Phi) is 3.46. The summed E-state index contributed by atoms with van der Waals surface area (Å²) in [6.45, 7) is 3.59. The first-order chi connectivity index (χ1) is 8.97. The van der Waals surface area contributed by atoms with E-state index in [4.69, 9.17) is 5.73 Å². The number of halogens is 1. The van der Waals surface area contributed by atoms with Gasteiger partial charge in [0.05, 0.1) is 11.3 Å². The highest BCUT2D eigenvalue weighted by atomic mass is 19.1. The monoisotopic (exact) mass is 259 g/mol. The third-order valence-electron chi connectivity index (χ3n) is 2.69. The van der Waals surface area contributed by atoms with Gasteiger partial charge < -0.3 is 11.1 Å². The van der Waals surface area contributed by atoms with Crippen LogP contribution in [0.3, 0.4) is 0 Å². The van der Waals surface area contributed by atoms with E-state index in [9.17, 15) is 9.18 Å². The Morgan fingerprint density at radius 3 is 2.74 bits per heavy atom. The number of carbonyl (C=O) groups is 1. The lowest BCUT2D eigenvalue weighted by Gasteiger charge is -2.09. The van der Waals surface area contributed by atoms with Crippen LogP contribution in [-0.2, 0) is 0 Å². The number of nitrogens with zero attached hydrogens (tertiary/aromatic N) is 1. The minimum absolute atomic E-state index is 0.130. The van der Waals surface area contributed by atoms with E-state index in [2.05, 4.69) is 10.3 Å². The van der Waals surface area contributed by atoms with Crippen LogP contribution in [0.4, 0.5) is 15.8 Å². The number of nitrogens with one attached hydrogen (secondary N) is 1. The summed E-state index contributed by atoms with van der Waals surface area (Å²) in [5, 5.41) is 2.49. The number of carbonyl (C=O) groups excluding carboxylic acids is 1. The standard InChI is InChI=1S/C14H14FN3O/c1-8-3-4-11(15)13(5-8)18-14(19)10-7-17-9(2)6-12(10)16/h3-7H,1-2H3,(H2,16,17)(H,18,19). The molecule has 19 heavy (non-hydrogen) atoms. The topological polar surface area (TPSA) is 68.0 Å². The maximum Gasteiger partial charge on any atom is 0.259 e. The number of aromatic nitrogens is 1. The summed E-state index contributed by atoms with van der Waals surface area (Å²) < 4.78 is 13.5. The second-order valence-electron chi connectivity index (χ2n) is 4.35. The van der Waals surface area contributed by atoms with Crippen molar-refractivity contribution in [2.45, 2.75) is 13.8 Å². The zero-order valence-electron chi connectivity index (χ0n) is 10.7. The highest BCUT2D eigenvalue weighted by molar-refractivity contribution is 6.07. The Morgan fingerprint density at radius 2 is 2.05 bits per heavy atom. The molecule has 98 valence electrons. The van der Waals surface area contributed by atoms with Crippen LogP contribution in [-0.4, -0.2) is 10.9 Å². The summed E-state index contributed by atoms with van der Waals surface area (Å²) in [4.78, 5) is 16.0. The first kappa shape index (κ1) is 13.0. The molecule has 0 aliphatic carbocycles. The number of benzene rings is 1. The molecule has 0 bridgehead atoms. The lowest BCUT2D eigenvalue weighted by atomic mass is 10.1. The Morgan fingerprint density at radius 1 is 1.32 bits per heavy atom. The molecule has 4 nitrogen and oxygen atoms in total. The summed E-state index contributed by atoms with van der Waals surface area (Å²) in [5.41, 5.74) is 8.00. The minimum Gasteiger partial charge on any atom is -0.398 e. The number of hydrogen-bond acceptors (Lipinski definition) is 3. The first-order valence-corrected chi connectivity index (χ1v) is 5.77. The van der Waals surface area contributed by atoms with E-state index in [0.29, 0.717) is 5.69 Å². The highest BCUT2D eigenvalue weighted by Crippen LogP contribution is 2.18. The van der Waals surface area contributed by atoms with Gasteiger partial charge in [0, 0.05) is 17.6 Å². The van der Waals surface area contributed by atoms with Crippen molar-refractivity contribution in [2.24, 2.45) is 0 Å². The van der Waals surface area contributed by atoms with E-state index >= 15 is 0 Å². The third kappa shape index (κ3) is 2.88. The average Bonchev–Trinajstić information content (AvgIpc) is 2.33. The Balaban J connectivity index is 2.28. The predicted octanol–water partition coefficient (Wildman–Crippen LogP) is 2.67. The van der Waals surface area contributed by atoms with Crippen molar-refractivity contribution in [3.8, 4) is 0 Å². The molecular formula is C14H14FN3O.